The number of rotatable bonds is 10. The first-order valence-electron chi connectivity index (χ1n) is 19.4. The molecule has 290 valence electrons. The predicted molar refractivity (Wildman–Crippen MR) is 239 cm³/mol. The molecule has 9 rings (SSSR count). The summed E-state index contributed by atoms with van der Waals surface area (Å²) in [5.74, 6) is 2.75. The maximum Gasteiger partial charge on any atom is 0.185 e. The summed E-state index contributed by atoms with van der Waals surface area (Å²) in [6.45, 7) is 0.480. The fourth-order valence-electron chi connectivity index (χ4n) is 7.50. The van der Waals surface area contributed by atoms with Crippen molar-refractivity contribution in [3.8, 4) is 56.0 Å². The molecule has 0 bridgehead atoms. The van der Waals surface area contributed by atoms with Crippen LogP contribution in [-0.2, 0) is 20.6 Å². The quantitative estimate of drug-likeness (QED) is 0.102. The lowest BCUT2D eigenvalue weighted by molar-refractivity contribution is 0.111. The van der Waals surface area contributed by atoms with Gasteiger partial charge in [-0.25, -0.2) is 9.97 Å². The molecule has 0 aliphatic heterocycles. The second-order valence-corrected chi connectivity index (χ2v) is 14.0. The highest BCUT2D eigenvalue weighted by Gasteiger charge is 2.18. The average molecular weight is 774 g/mol. The number of nitrogens with zero attached hydrogens (tertiary/aromatic N) is 5. The lowest BCUT2D eigenvalue weighted by Gasteiger charge is -2.10. The van der Waals surface area contributed by atoms with Gasteiger partial charge in [-0.05, 0) is 34.4 Å². The van der Waals surface area contributed by atoms with Crippen molar-refractivity contribution in [3.63, 3.8) is 0 Å². The predicted octanol–water partition coefficient (Wildman–Crippen LogP) is 11.3. The smallest absolute Gasteiger partial charge is 0.185 e. The number of aromatic nitrogens is 4. The van der Waals surface area contributed by atoms with Crippen LogP contribution in [0.25, 0.3) is 66.6 Å². The molecule has 2 aromatic heterocycles. The number of hydrogen-bond donors (Lipinski definition) is 0. The van der Waals surface area contributed by atoms with Crippen LogP contribution >= 0.6 is 0 Å². The summed E-state index contributed by atoms with van der Waals surface area (Å²) in [6, 6.07) is 55.4. The summed E-state index contributed by atoms with van der Waals surface area (Å²) in [4.78, 5) is 25.7. The summed E-state index contributed by atoms with van der Waals surface area (Å²) >= 11 is 0. The third kappa shape index (κ3) is 7.76. The molecule has 0 N–H and O–H groups in total. The van der Waals surface area contributed by atoms with E-state index in [9.17, 15) is 4.79 Å². The Hall–Kier alpha value is -7.58. The lowest BCUT2D eigenvalue weighted by Crippen LogP contribution is -1.98. The maximum absolute atomic E-state index is 11.4. The van der Waals surface area contributed by atoms with Crippen LogP contribution < -0.4 is 9.47 Å². The van der Waals surface area contributed by atoms with Crippen LogP contribution in [0.5, 0.6) is 11.5 Å². The van der Waals surface area contributed by atoms with Crippen LogP contribution in [0, 0.1) is 0 Å². The number of imidazole rings is 2. The van der Waals surface area contributed by atoms with Crippen LogP contribution in [-0.4, -0.2) is 45.8 Å². The standard InChI is InChI=1S/C30H27N3O2.C21H16N2O/c1-33-28(20-31-19-23-14-15-24(34-2)18-27(23)35-3)32-29-25(21-10-6-4-7-11-21)16-17-26(30(29)33)22-12-8-5-9-13-22;1-23-19(14-24)22-20-17(15-8-4-2-5-9-15)12-13-18(21(20)23)16-10-6-3-7-11-16/h4-18,20H,19H2,1-3H3;2-14H,1H3. The van der Waals surface area contributed by atoms with Crippen molar-refractivity contribution in [1.82, 2.24) is 19.1 Å². The van der Waals surface area contributed by atoms with E-state index in [-0.39, 0.29) is 0 Å². The first-order chi connectivity index (χ1) is 29.0. The minimum Gasteiger partial charge on any atom is -0.497 e. The molecule has 7 aromatic carbocycles. The molecule has 0 saturated heterocycles. The number of aldehydes is 1. The first kappa shape index (κ1) is 38.3. The third-order valence-electron chi connectivity index (χ3n) is 10.5. The van der Waals surface area contributed by atoms with E-state index < -0.39 is 0 Å². The molecule has 9 aromatic rings. The van der Waals surface area contributed by atoms with E-state index in [0.29, 0.717) is 12.4 Å². The molecule has 0 aliphatic carbocycles. The molecule has 8 nitrogen and oxygen atoms in total. The molecule has 0 radical (unpaired) electrons. The van der Waals surface area contributed by atoms with Crippen LogP contribution in [0.1, 0.15) is 22.0 Å². The van der Waals surface area contributed by atoms with Gasteiger partial charge < -0.3 is 18.6 Å². The third-order valence-corrected chi connectivity index (χ3v) is 10.5. The number of benzene rings is 7. The van der Waals surface area contributed by atoms with Crippen LogP contribution in [0.4, 0.5) is 0 Å². The molecule has 0 aliphatic rings. The van der Waals surface area contributed by atoms with Gasteiger partial charge in [0.05, 0.1) is 49.0 Å². The molecule has 8 heteroatoms. The number of carbonyl (C=O) groups excluding carboxylic acids is 1. The van der Waals surface area contributed by atoms with Crippen molar-refractivity contribution in [2.75, 3.05) is 14.2 Å². The Morgan fingerprint density at radius 3 is 1.39 bits per heavy atom. The maximum atomic E-state index is 11.4. The number of fused-ring (bicyclic) bond motifs is 2. The molecule has 0 fully saturated rings. The van der Waals surface area contributed by atoms with Gasteiger partial charge in [-0.15, -0.1) is 0 Å². The monoisotopic (exact) mass is 773 g/mol. The van der Waals surface area contributed by atoms with Gasteiger partial charge in [0.1, 0.15) is 11.5 Å². The van der Waals surface area contributed by atoms with E-state index in [1.54, 1.807) is 14.2 Å². The summed E-state index contributed by atoms with van der Waals surface area (Å²) in [5.41, 5.74) is 13.7. The van der Waals surface area contributed by atoms with Crippen LogP contribution in [0.3, 0.4) is 0 Å². The van der Waals surface area contributed by atoms with Gasteiger partial charge in [-0.1, -0.05) is 146 Å². The molecule has 2 heterocycles. The van der Waals surface area contributed by atoms with Gasteiger partial charge in [-0.2, -0.15) is 0 Å². The normalized spacial score (nSPS) is 11.1. The highest BCUT2D eigenvalue weighted by atomic mass is 16.5. The van der Waals surface area contributed by atoms with Crippen molar-refractivity contribution in [3.05, 3.63) is 181 Å². The number of methoxy groups -OCH3 is 2. The van der Waals surface area contributed by atoms with Gasteiger partial charge in [0.25, 0.3) is 0 Å². The molecular formula is C51H43N5O3. The Balaban J connectivity index is 0.000000176. The number of aliphatic imine (C=N–C) groups is 1. The van der Waals surface area contributed by atoms with Crippen LogP contribution in [0.15, 0.2) is 169 Å². The summed E-state index contributed by atoms with van der Waals surface area (Å²) in [5, 5.41) is 0. The Bertz CT molecular complexity index is 2900. The number of hydrogen-bond acceptors (Lipinski definition) is 6. The van der Waals surface area contributed by atoms with Crippen LogP contribution in [0.2, 0.25) is 0 Å². The fraction of sp³-hybridized carbons (Fsp3) is 0.0980. The van der Waals surface area contributed by atoms with Gasteiger partial charge in [0.15, 0.2) is 17.9 Å². The first-order valence-corrected chi connectivity index (χ1v) is 19.4. The second-order valence-electron chi connectivity index (χ2n) is 14.0. The van der Waals surface area contributed by atoms with Gasteiger partial charge in [-0.3, -0.25) is 9.79 Å². The fourth-order valence-corrected chi connectivity index (χ4v) is 7.50. The van der Waals surface area contributed by atoms with Crippen molar-refractivity contribution < 1.29 is 14.3 Å². The molecule has 0 saturated carbocycles. The minimum atomic E-state index is 0.436. The summed E-state index contributed by atoms with van der Waals surface area (Å²) < 4.78 is 14.8. The highest BCUT2D eigenvalue weighted by Crippen LogP contribution is 2.37. The van der Waals surface area contributed by atoms with Crippen molar-refractivity contribution in [1.29, 1.82) is 0 Å². The van der Waals surface area contributed by atoms with E-state index in [2.05, 4.69) is 107 Å². The Morgan fingerprint density at radius 1 is 0.525 bits per heavy atom. The SMILES string of the molecule is COc1ccc(CN=Cc2nc3c(-c4ccccc4)ccc(-c4ccccc4)c3n2C)c(OC)c1.Cn1c(C=O)nc2c(-c3ccccc3)ccc(-c3ccccc3)c21. The number of aryl methyl sites for hydroxylation is 2. The van der Waals surface area contributed by atoms with E-state index in [1.165, 1.54) is 0 Å². The average Bonchev–Trinajstić information content (AvgIpc) is 3.82. The highest BCUT2D eigenvalue weighted by molar-refractivity contribution is 6.04. The lowest BCUT2D eigenvalue weighted by atomic mass is 9.98. The van der Waals surface area contributed by atoms with Gasteiger partial charge in [0, 0.05) is 48.0 Å². The Morgan fingerprint density at radius 2 is 0.949 bits per heavy atom. The van der Waals surface area contributed by atoms with E-state index in [4.69, 9.17) is 19.5 Å². The number of ether oxygens (including phenoxy) is 2. The zero-order valence-corrected chi connectivity index (χ0v) is 33.4. The summed E-state index contributed by atoms with van der Waals surface area (Å²) in [6.07, 6.45) is 2.65. The molecule has 0 spiro atoms. The van der Waals surface area contributed by atoms with Gasteiger partial charge in [0.2, 0.25) is 0 Å². The van der Waals surface area contributed by atoms with Crippen molar-refractivity contribution >= 4 is 34.6 Å². The Labute approximate surface area is 343 Å². The van der Waals surface area contributed by atoms with Gasteiger partial charge >= 0.3 is 0 Å². The zero-order chi connectivity index (χ0) is 40.7. The van der Waals surface area contributed by atoms with E-state index in [0.717, 1.165) is 95.7 Å². The zero-order valence-electron chi connectivity index (χ0n) is 33.4. The Kier molecular flexibility index (Phi) is 11.2. The molecule has 0 unspecified atom stereocenters. The molecule has 0 atom stereocenters. The van der Waals surface area contributed by atoms with Crippen molar-refractivity contribution in [2.45, 2.75) is 6.54 Å². The minimum absolute atomic E-state index is 0.436. The molecule has 0 amide bonds. The largest absolute Gasteiger partial charge is 0.497 e. The van der Waals surface area contributed by atoms with E-state index in [1.807, 2.05) is 91.6 Å². The molecular weight excluding hydrogens is 731 g/mol. The van der Waals surface area contributed by atoms with Crippen molar-refractivity contribution in [2.24, 2.45) is 19.1 Å². The number of carbonyl (C=O) groups is 1. The summed E-state index contributed by atoms with van der Waals surface area (Å²) in [7, 11) is 7.24. The molecule has 59 heavy (non-hydrogen) atoms. The second kappa shape index (κ2) is 17.3. The topological polar surface area (TPSA) is 83.5 Å². The van der Waals surface area contributed by atoms with E-state index >= 15 is 0 Å².